The van der Waals surface area contributed by atoms with Gasteiger partial charge < -0.3 is 5.11 Å². The van der Waals surface area contributed by atoms with Crippen molar-refractivity contribution in [3.63, 3.8) is 0 Å². The fraction of sp³-hybridized carbons (Fsp3) is 0.0667. The van der Waals surface area contributed by atoms with E-state index in [1.54, 1.807) is 12.1 Å². The van der Waals surface area contributed by atoms with Crippen LogP contribution in [0.1, 0.15) is 11.1 Å². The second kappa shape index (κ2) is 4.24. The van der Waals surface area contributed by atoms with Crippen molar-refractivity contribution in [3.05, 3.63) is 54.1 Å². The molecule has 4 heteroatoms. The summed E-state index contributed by atoms with van der Waals surface area (Å²) >= 11 is 0. The molecule has 19 heavy (non-hydrogen) atoms. The van der Waals surface area contributed by atoms with E-state index in [-0.39, 0.29) is 5.75 Å². The Hall–Kier alpha value is -2.62. The van der Waals surface area contributed by atoms with E-state index in [0.717, 1.165) is 22.2 Å². The second-order valence-corrected chi connectivity index (χ2v) is 4.40. The van der Waals surface area contributed by atoms with Crippen molar-refractivity contribution in [2.75, 3.05) is 0 Å². The lowest BCUT2D eigenvalue weighted by Gasteiger charge is -2.03. The molecule has 1 N–H and O–H groups in total. The highest BCUT2D eigenvalue weighted by Crippen LogP contribution is 2.23. The third-order valence-electron chi connectivity index (χ3n) is 3.01. The second-order valence-electron chi connectivity index (χ2n) is 4.40. The van der Waals surface area contributed by atoms with Crippen LogP contribution in [0.4, 0.5) is 0 Å². The number of nitrogens with zero attached hydrogens (tertiary/aromatic N) is 3. The van der Waals surface area contributed by atoms with Gasteiger partial charge in [0.05, 0.1) is 0 Å². The summed E-state index contributed by atoms with van der Waals surface area (Å²) in [5.74, 6) is 0.158. The summed E-state index contributed by atoms with van der Waals surface area (Å²) in [6.07, 6.45) is 1.75. The Balaban J connectivity index is 2.26. The SMILES string of the molecule is C=Cc1cccc2nn(-c3cc(C)ccc3O)nc12. The first kappa shape index (κ1) is 11.5. The molecule has 3 rings (SSSR count). The Labute approximate surface area is 110 Å². The normalized spacial score (nSPS) is 10.8. The summed E-state index contributed by atoms with van der Waals surface area (Å²) in [7, 11) is 0. The molecule has 0 aliphatic rings. The number of aromatic nitrogens is 3. The Kier molecular flexibility index (Phi) is 2.56. The monoisotopic (exact) mass is 251 g/mol. The summed E-state index contributed by atoms with van der Waals surface area (Å²) in [5.41, 5.74) is 4.09. The molecule has 4 nitrogen and oxygen atoms in total. The van der Waals surface area contributed by atoms with Gasteiger partial charge in [0.15, 0.2) is 0 Å². The standard InChI is InChI=1S/C15H13N3O/c1-3-11-5-4-6-12-15(11)17-18(16-12)13-9-10(2)7-8-14(13)19/h3-9,19H,1H2,2H3. The highest BCUT2D eigenvalue weighted by Gasteiger charge is 2.10. The van der Waals surface area contributed by atoms with Crippen LogP contribution in [-0.4, -0.2) is 20.1 Å². The van der Waals surface area contributed by atoms with Gasteiger partial charge in [0.2, 0.25) is 0 Å². The number of phenols is 1. The Morgan fingerprint density at radius 1 is 1.21 bits per heavy atom. The van der Waals surface area contributed by atoms with Crippen molar-refractivity contribution in [1.82, 2.24) is 15.0 Å². The van der Waals surface area contributed by atoms with Crippen molar-refractivity contribution in [2.24, 2.45) is 0 Å². The van der Waals surface area contributed by atoms with Crippen LogP contribution in [0.3, 0.4) is 0 Å². The minimum atomic E-state index is 0.158. The van der Waals surface area contributed by atoms with Crippen LogP contribution >= 0.6 is 0 Å². The Morgan fingerprint density at radius 3 is 2.84 bits per heavy atom. The molecule has 0 aliphatic heterocycles. The van der Waals surface area contributed by atoms with Gasteiger partial charge in [-0.3, -0.25) is 0 Å². The number of fused-ring (bicyclic) bond motifs is 1. The summed E-state index contributed by atoms with van der Waals surface area (Å²) in [6.45, 7) is 5.73. The van der Waals surface area contributed by atoms with E-state index < -0.39 is 0 Å². The van der Waals surface area contributed by atoms with Crippen molar-refractivity contribution in [2.45, 2.75) is 6.92 Å². The summed E-state index contributed by atoms with van der Waals surface area (Å²) < 4.78 is 0. The van der Waals surface area contributed by atoms with E-state index in [4.69, 9.17) is 0 Å². The molecule has 0 radical (unpaired) electrons. The molecule has 2 aromatic carbocycles. The van der Waals surface area contributed by atoms with Crippen LogP contribution in [-0.2, 0) is 0 Å². The molecule has 0 fully saturated rings. The fourth-order valence-electron chi connectivity index (χ4n) is 2.02. The molecule has 0 saturated carbocycles. The maximum atomic E-state index is 9.92. The number of benzene rings is 2. The van der Waals surface area contributed by atoms with Crippen LogP contribution in [0.25, 0.3) is 22.8 Å². The summed E-state index contributed by atoms with van der Waals surface area (Å²) in [6, 6.07) is 11.1. The lowest BCUT2D eigenvalue weighted by atomic mass is 10.2. The molecule has 3 aromatic rings. The number of rotatable bonds is 2. The molecule has 0 saturated heterocycles. The van der Waals surface area contributed by atoms with Crippen LogP contribution in [0.15, 0.2) is 43.0 Å². The number of hydrogen-bond acceptors (Lipinski definition) is 3. The van der Waals surface area contributed by atoms with E-state index in [2.05, 4.69) is 16.8 Å². The van der Waals surface area contributed by atoms with Gasteiger partial charge in [-0.05, 0) is 30.7 Å². The maximum Gasteiger partial charge on any atom is 0.143 e. The number of aryl methyl sites for hydroxylation is 1. The molecular weight excluding hydrogens is 238 g/mol. The van der Waals surface area contributed by atoms with Gasteiger partial charge in [0.25, 0.3) is 0 Å². The molecule has 0 aliphatic carbocycles. The van der Waals surface area contributed by atoms with E-state index in [1.807, 2.05) is 37.3 Å². The molecule has 0 unspecified atom stereocenters. The molecule has 0 bridgehead atoms. The van der Waals surface area contributed by atoms with E-state index in [9.17, 15) is 5.11 Å². The largest absolute Gasteiger partial charge is 0.506 e. The lowest BCUT2D eigenvalue weighted by Crippen LogP contribution is -1.99. The summed E-state index contributed by atoms with van der Waals surface area (Å²) in [5, 5.41) is 18.7. The minimum absolute atomic E-state index is 0.158. The predicted molar refractivity (Wildman–Crippen MR) is 75.4 cm³/mol. The van der Waals surface area contributed by atoms with Gasteiger partial charge in [0.1, 0.15) is 22.5 Å². The van der Waals surface area contributed by atoms with Crippen LogP contribution in [0.2, 0.25) is 0 Å². The van der Waals surface area contributed by atoms with Crippen LogP contribution < -0.4 is 0 Å². The highest BCUT2D eigenvalue weighted by atomic mass is 16.3. The number of aromatic hydroxyl groups is 1. The molecule has 1 heterocycles. The van der Waals surface area contributed by atoms with Gasteiger partial charge in [-0.2, -0.15) is 0 Å². The van der Waals surface area contributed by atoms with Gasteiger partial charge in [-0.1, -0.05) is 30.9 Å². The predicted octanol–water partition coefficient (Wildman–Crippen LogP) is 3.08. The van der Waals surface area contributed by atoms with Crippen molar-refractivity contribution in [1.29, 1.82) is 0 Å². The quantitative estimate of drug-likeness (QED) is 0.761. The third kappa shape index (κ3) is 1.87. The zero-order chi connectivity index (χ0) is 13.4. The minimum Gasteiger partial charge on any atom is -0.506 e. The Bertz CT molecular complexity index is 774. The Morgan fingerprint density at radius 2 is 2.05 bits per heavy atom. The van der Waals surface area contributed by atoms with Crippen molar-refractivity contribution in [3.8, 4) is 11.4 Å². The first-order chi connectivity index (χ1) is 9.19. The summed E-state index contributed by atoms with van der Waals surface area (Å²) in [4.78, 5) is 1.46. The lowest BCUT2D eigenvalue weighted by molar-refractivity contribution is 0.467. The van der Waals surface area contributed by atoms with Crippen molar-refractivity contribution >= 4 is 17.1 Å². The topological polar surface area (TPSA) is 50.9 Å². The van der Waals surface area contributed by atoms with Gasteiger partial charge in [-0.15, -0.1) is 15.0 Å². The van der Waals surface area contributed by atoms with Gasteiger partial charge in [-0.25, -0.2) is 0 Å². The third-order valence-corrected chi connectivity index (χ3v) is 3.01. The molecule has 1 aromatic heterocycles. The van der Waals surface area contributed by atoms with Gasteiger partial charge >= 0.3 is 0 Å². The average Bonchev–Trinajstić information content (AvgIpc) is 2.85. The number of phenolic OH excluding ortho intramolecular Hbond substituents is 1. The smallest absolute Gasteiger partial charge is 0.143 e. The van der Waals surface area contributed by atoms with E-state index >= 15 is 0 Å². The zero-order valence-corrected chi connectivity index (χ0v) is 10.5. The van der Waals surface area contributed by atoms with Gasteiger partial charge in [0, 0.05) is 5.56 Å². The van der Waals surface area contributed by atoms with E-state index in [1.165, 1.54) is 4.80 Å². The molecule has 94 valence electrons. The first-order valence-corrected chi connectivity index (χ1v) is 5.97. The van der Waals surface area contributed by atoms with Crippen molar-refractivity contribution < 1.29 is 5.11 Å². The fourth-order valence-corrected chi connectivity index (χ4v) is 2.02. The molecule has 0 atom stereocenters. The van der Waals surface area contributed by atoms with E-state index in [0.29, 0.717) is 5.69 Å². The van der Waals surface area contributed by atoms with Crippen LogP contribution in [0, 0.1) is 6.92 Å². The number of hydrogen-bond donors (Lipinski definition) is 1. The highest BCUT2D eigenvalue weighted by molar-refractivity contribution is 5.83. The first-order valence-electron chi connectivity index (χ1n) is 5.97. The zero-order valence-electron chi connectivity index (χ0n) is 10.5. The van der Waals surface area contributed by atoms with Crippen LogP contribution in [0.5, 0.6) is 5.75 Å². The average molecular weight is 251 g/mol. The molecule has 0 amide bonds. The molecule has 0 spiro atoms. The maximum absolute atomic E-state index is 9.92. The molecular formula is C15H13N3O.